The zero-order valence-electron chi connectivity index (χ0n) is 8.66. The summed E-state index contributed by atoms with van der Waals surface area (Å²) in [6, 6.07) is 0. The van der Waals surface area contributed by atoms with Gasteiger partial charge in [-0.1, -0.05) is 6.42 Å². The highest BCUT2D eigenvalue weighted by Gasteiger charge is 2.52. The molecule has 2 saturated carbocycles. The van der Waals surface area contributed by atoms with E-state index in [-0.39, 0.29) is 17.5 Å². The van der Waals surface area contributed by atoms with Gasteiger partial charge in [-0.2, -0.15) is 0 Å². The fourth-order valence-electron chi connectivity index (χ4n) is 3.26. The summed E-state index contributed by atoms with van der Waals surface area (Å²) in [6.07, 6.45) is 5.29. The molecule has 0 amide bonds. The molecule has 0 aromatic rings. The van der Waals surface area contributed by atoms with E-state index in [1.807, 2.05) is 0 Å². The number of aliphatic hydroxyl groups is 1. The molecule has 2 aliphatic carbocycles. The van der Waals surface area contributed by atoms with Gasteiger partial charge in [-0.05, 0) is 38.0 Å². The minimum atomic E-state index is -0.242. The lowest BCUT2D eigenvalue weighted by atomic mass is 9.67. The van der Waals surface area contributed by atoms with E-state index in [1.165, 1.54) is 7.11 Å². The maximum atomic E-state index is 11.8. The van der Waals surface area contributed by atoms with Gasteiger partial charge in [0, 0.05) is 0 Å². The number of ether oxygens (including phenoxy) is 1. The molecule has 3 atom stereocenters. The molecule has 2 rings (SSSR count). The Balaban J connectivity index is 2.19. The first-order valence-corrected chi connectivity index (χ1v) is 5.45. The molecule has 0 aromatic heterocycles. The van der Waals surface area contributed by atoms with E-state index in [1.54, 1.807) is 0 Å². The van der Waals surface area contributed by atoms with Gasteiger partial charge in [0.2, 0.25) is 0 Å². The third-order valence-corrected chi connectivity index (χ3v) is 4.03. The van der Waals surface area contributed by atoms with Gasteiger partial charge in [0.25, 0.3) is 0 Å². The van der Waals surface area contributed by atoms with Gasteiger partial charge in [0.05, 0.1) is 18.6 Å². The van der Waals surface area contributed by atoms with Crippen LogP contribution in [0.15, 0.2) is 0 Å². The summed E-state index contributed by atoms with van der Waals surface area (Å²) in [7, 11) is 1.47. The SMILES string of the molecule is COC(=O)[C@]12CCC[C@@H]1CC(O)CC2. The fourth-order valence-corrected chi connectivity index (χ4v) is 3.26. The van der Waals surface area contributed by atoms with Crippen LogP contribution >= 0.6 is 0 Å². The average molecular weight is 198 g/mol. The molecule has 3 nitrogen and oxygen atoms in total. The van der Waals surface area contributed by atoms with Crippen molar-refractivity contribution in [3.8, 4) is 0 Å². The smallest absolute Gasteiger partial charge is 0.312 e. The Morgan fingerprint density at radius 1 is 1.43 bits per heavy atom. The highest BCUT2D eigenvalue weighted by molar-refractivity contribution is 5.77. The predicted molar refractivity (Wildman–Crippen MR) is 51.6 cm³/mol. The van der Waals surface area contributed by atoms with Crippen LogP contribution in [0, 0.1) is 11.3 Å². The minimum absolute atomic E-state index is 0.0492. The summed E-state index contributed by atoms with van der Waals surface area (Å²) in [5, 5.41) is 9.57. The lowest BCUT2D eigenvalue weighted by Gasteiger charge is -2.38. The lowest BCUT2D eigenvalue weighted by Crippen LogP contribution is -2.41. The van der Waals surface area contributed by atoms with Gasteiger partial charge in [-0.25, -0.2) is 0 Å². The van der Waals surface area contributed by atoms with Gasteiger partial charge in [0.1, 0.15) is 0 Å². The van der Waals surface area contributed by atoms with E-state index in [2.05, 4.69) is 0 Å². The first-order chi connectivity index (χ1) is 6.69. The van der Waals surface area contributed by atoms with Gasteiger partial charge >= 0.3 is 5.97 Å². The van der Waals surface area contributed by atoms with Crippen molar-refractivity contribution in [1.82, 2.24) is 0 Å². The van der Waals surface area contributed by atoms with E-state index in [0.717, 1.165) is 38.5 Å². The topological polar surface area (TPSA) is 46.5 Å². The van der Waals surface area contributed by atoms with Gasteiger partial charge < -0.3 is 9.84 Å². The number of methoxy groups -OCH3 is 1. The largest absolute Gasteiger partial charge is 0.469 e. The number of carbonyl (C=O) groups excluding carboxylic acids is 1. The quantitative estimate of drug-likeness (QED) is 0.649. The molecule has 14 heavy (non-hydrogen) atoms. The predicted octanol–water partition coefficient (Wildman–Crippen LogP) is 1.49. The van der Waals surface area contributed by atoms with Crippen LogP contribution in [-0.2, 0) is 9.53 Å². The van der Waals surface area contributed by atoms with Crippen LogP contribution < -0.4 is 0 Å². The average Bonchev–Trinajstić information content (AvgIpc) is 2.60. The van der Waals surface area contributed by atoms with Crippen LogP contribution in [-0.4, -0.2) is 24.3 Å². The first-order valence-electron chi connectivity index (χ1n) is 5.45. The van der Waals surface area contributed by atoms with Crippen molar-refractivity contribution in [2.75, 3.05) is 7.11 Å². The van der Waals surface area contributed by atoms with Crippen molar-refractivity contribution in [1.29, 1.82) is 0 Å². The monoisotopic (exact) mass is 198 g/mol. The molecule has 0 bridgehead atoms. The summed E-state index contributed by atoms with van der Waals surface area (Å²) in [4.78, 5) is 11.8. The fraction of sp³-hybridized carbons (Fsp3) is 0.909. The van der Waals surface area contributed by atoms with Crippen molar-refractivity contribution < 1.29 is 14.6 Å². The van der Waals surface area contributed by atoms with Crippen molar-refractivity contribution in [3.05, 3.63) is 0 Å². The molecule has 0 saturated heterocycles. The van der Waals surface area contributed by atoms with Crippen LogP contribution in [0.5, 0.6) is 0 Å². The van der Waals surface area contributed by atoms with E-state index in [9.17, 15) is 9.90 Å². The van der Waals surface area contributed by atoms with Crippen molar-refractivity contribution in [2.45, 2.75) is 44.6 Å². The van der Waals surface area contributed by atoms with Crippen molar-refractivity contribution in [3.63, 3.8) is 0 Å². The molecule has 0 radical (unpaired) electrons. The molecule has 1 unspecified atom stereocenters. The molecule has 0 spiro atoms. The second-order valence-corrected chi connectivity index (χ2v) is 4.67. The second-order valence-electron chi connectivity index (χ2n) is 4.67. The maximum absolute atomic E-state index is 11.8. The Labute approximate surface area is 84.4 Å². The summed E-state index contributed by atoms with van der Waals surface area (Å²) < 4.78 is 4.91. The van der Waals surface area contributed by atoms with Crippen LogP contribution in [0.4, 0.5) is 0 Å². The molecule has 0 aliphatic heterocycles. The van der Waals surface area contributed by atoms with Crippen LogP contribution in [0.1, 0.15) is 38.5 Å². The Bertz CT molecular complexity index is 239. The molecule has 3 heteroatoms. The maximum Gasteiger partial charge on any atom is 0.312 e. The van der Waals surface area contributed by atoms with Crippen molar-refractivity contribution >= 4 is 5.97 Å². The van der Waals surface area contributed by atoms with Crippen LogP contribution in [0.3, 0.4) is 0 Å². The number of esters is 1. The number of carbonyl (C=O) groups is 1. The van der Waals surface area contributed by atoms with Gasteiger partial charge in [-0.15, -0.1) is 0 Å². The van der Waals surface area contributed by atoms with E-state index in [4.69, 9.17) is 4.74 Å². The zero-order valence-corrected chi connectivity index (χ0v) is 8.66. The third-order valence-electron chi connectivity index (χ3n) is 4.03. The molecule has 2 aliphatic rings. The Morgan fingerprint density at radius 2 is 2.21 bits per heavy atom. The second kappa shape index (κ2) is 3.54. The zero-order chi connectivity index (χ0) is 10.2. The molecule has 0 heterocycles. The first kappa shape index (κ1) is 9.97. The summed E-state index contributed by atoms with van der Waals surface area (Å²) >= 11 is 0. The Hall–Kier alpha value is -0.570. The number of hydrogen-bond donors (Lipinski definition) is 1. The molecular weight excluding hydrogens is 180 g/mol. The van der Waals surface area contributed by atoms with E-state index < -0.39 is 0 Å². The number of aliphatic hydroxyl groups excluding tert-OH is 1. The number of hydrogen-bond acceptors (Lipinski definition) is 3. The molecular formula is C11H18O3. The van der Waals surface area contributed by atoms with E-state index in [0.29, 0.717) is 5.92 Å². The molecule has 2 fully saturated rings. The minimum Gasteiger partial charge on any atom is -0.469 e. The molecule has 1 N–H and O–H groups in total. The van der Waals surface area contributed by atoms with Gasteiger partial charge in [0.15, 0.2) is 0 Å². The van der Waals surface area contributed by atoms with Crippen LogP contribution in [0.25, 0.3) is 0 Å². The normalized spacial score (nSPS) is 41.9. The number of fused-ring (bicyclic) bond motifs is 1. The summed E-state index contributed by atoms with van der Waals surface area (Å²) in [5.74, 6) is 0.311. The Kier molecular flexibility index (Phi) is 2.52. The van der Waals surface area contributed by atoms with E-state index >= 15 is 0 Å². The lowest BCUT2D eigenvalue weighted by molar-refractivity contribution is -0.159. The standard InChI is InChI=1S/C11H18O3/c1-14-10(13)11-5-2-3-8(11)7-9(12)4-6-11/h8-9,12H,2-7H2,1H3/t8-,9?,11+/m1/s1. The molecule has 0 aromatic carbocycles. The highest BCUT2D eigenvalue weighted by atomic mass is 16.5. The van der Waals surface area contributed by atoms with Gasteiger partial charge in [-0.3, -0.25) is 4.79 Å². The third kappa shape index (κ3) is 1.34. The summed E-state index contributed by atoms with van der Waals surface area (Å²) in [5.41, 5.74) is -0.242. The molecule has 80 valence electrons. The van der Waals surface area contributed by atoms with Crippen LogP contribution in [0.2, 0.25) is 0 Å². The highest BCUT2D eigenvalue weighted by Crippen LogP contribution is 2.52. The van der Waals surface area contributed by atoms with Crippen molar-refractivity contribution in [2.24, 2.45) is 11.3 Å². The number of rotatable bonds is 1. The summed E-state index contributed by atoms with van der Waals surface area (Å²) in [6.45, 7) is 0. The Morgan fingerprint density at radius 3 is 2.93 bits per heavy atom.